The molecule has 1 aromatic rings. The number of piperidine rings is 1. The Morgan fingerprint density at radius 1 is 1.29 bits per heavy atom. The van der Waals surface area contributed by atoms with Gasteiger partial charge in [0.2, 0.25) is 5.91 Å². The van der Waals surface area contributed by atoms with Crippen molar-refractivity contribution >= 4 is 17.7 Å². The highest BCUT2D eigenvalue weighted by atomic mass is 32.2. The molecule has 4 heteroatoms. The number of carbonyl (C=O) groups is 1. The molecule has 1 saturated heterocycles. The van der Waals surface area contributed by atoms with Crippen LogP contribution >= 0.6 is 11.8 Å². The number of carbonyl (C=O) groups excluding carboxylic acids is 1. The quantitative estimate of drug-likeness (QED) is 0.798. The third-order valence-electron chi connectivity index (χ3n) is 2.82. The highest BCUT2D eigenvalue weighted by molar-refractivity contribution is 8.00. The summed E-state index contributed by atoms with van der Waals surface area (Å²) < 4.78 is 0. The summed E-state index contributed by atoms with van der Waals surface area (Å²) in [5.41, 5.74) is 0. The first kappa shape index (κ1) is 12.5. The van der Waals surface area contributed by atoms with Gasteiger partial charge in [0.05, 0.1) is 5.75 Å². The zero-order valence-corrected chi connectivity index (χ0v) is 10.6. The van der Waals surface area contributed by atoms with Crippen LogP contribution < -0.4 is 10.6 Å². The van der Waals surface area contributed by atoms with Crippen molar-refractivity contribution in [2.45, 2.75) is 23.8 Å². The van der Waals surface area contributed by atoms with Crippen LogP contribution in [-0.2, 0) is 4.79 Å². The lowest BCUT2D eigenvalue weighted by Gasteiger charge is -2.23. The van der Waals surface area contributed by atoms with Crippen LogP contribution in [0.4, 0.5) is 0 Å². The Morgan fingerprint density at radius 2 is 2.00 bits per heavy atom. The molecule has 0 unspecified atom stereocenters. The van der Waals surface area contributed by atoms with Crippen LogP contribution in [0.15, 0.2) is 35.2 Å². The Hall–Kier alpha value is -1.00. The monoisotopic (exact) mass is 250 g/mol. The average molecular weight is 250 g/mol. The maximum Gasteiger partial charge on any atom is 0.230 e. The summed E-state index contributed by atoms with van der Waals surface area (Å²) in [6.45, 7) is 2.02. The van der Waals surface area contributed by atoms with Gasteiger partial charge in [-0.2, -0.15) is 0 Å². The van der Waals surface area contributed by atoms with Crippen LogP contribution in [0, 0.1) is 0 Å². The van der Waals surface area contributed by atoms with Crippen molar-refractivity contribution in [3.05, 3.63) is 30.3 Å². The zero-order valence-electron chi connectivity index (χ0n) is 9.82. The number of hydrogen-bond donors (Lipinski definition) is 2. The number of nitrogens with one attached hydrogen (secondary N) is 2. The van der Waals surface area contributed by atoms with Crippen LogP contribution in [-0.4, -0.2) is 30.8 Å². The third kappa shape index (κ3) is 4.40. The van der Waals surface area contributed by atoms with E-state index in [1.165, 1.54) is 0 Å². The second-order valence-corrected chi connectivity index (χ2v) is 5.24. The molecule has 1 heterocycles. The van der Waals surface area contributed by atoms with E-state index < -0.39 is 0 Å². The number of amides is 1. The fourth-order valence-electron chi connectivity index (χ4n) is 1.90. The van der Waals surface area contributed by atoms with Gasteiger partial charge in [-0.25, -0.2) is 0 Å². The Bertz CT molecular complexity index is 350. The highest BCUT2D eigenvalue weighted by Crippen LogP contribution is 2.16. The van der Waals surface area contributed by atoms with E-state index in [0.29, 0.717) is 11.8 Å². The first-order valence-corrected chi connectivity index (χ1v) is 7.01. The Morgan fingerprint density at radius 3 is 2.71 bits per heavy atom. The highest BCUT2D eigenvalue weighted by Gasteiger charge is 2.14. The van der Waals surface area contributed by atoms with E-state index >= 15 is 0 Å². The summed E-state index contributed by atoms with van der Waals surface area (Å²) in [6, 6.07) is 10.4. The Balaban J connectivity index is 1.70. The van der Waals surface area contributed by atoms with E-state index in [0.717, 1.165) is 30.8 Å². The second kappa shape index (κ2) is 6.67. The Kier molecular flexibility index (Phi) is 4.88. The lowest BCUT2D eigenvalue weighted by atomic mass is 10.1. The minimum absolute atomic E-state index is 0.144. The van der Waals surface area contributed by atoms with Gasteiger partial charge in [0.25, 0.3) is 0 Å². The molecule has 0 saturated carbocycles. The molecule has 0 aliphatic carbocycles. The van der Waals surface area contributed by atoms with Crippen molar-refractivity contribution in [1.82, 2.24) is 10.6 Å². The van der Waals surface area contributed by atoms with Gasteiger partial charge in [0.15, 0.2) is 0 Å². The van der Waals surface area contributed by atoms with E-state index in [4.69, 9.17) is 0 Å². The summed E-state index contributed by atoms with van der Waals surface area (Å²) in [7, 11) is 0. The zero-order chi connectivity index (χ0) is 11.9. The van der Waals surface area contributed by atoms with Crippen molar-refractivity contribution in [2.75, 3.05) is 18.8 Å². The lowest BCUT2D eigenvalue weighted by Crippen LogP contribution is -2.43. The molecule has 0 spiro atoms. The van der Waals surface area contributed by atoms with Gasteiger partial charge in [0, 0.05) is 10.9 Å². The summed E-state index contributed by atoms with van der Waals surface area (Å²) in [5, 5.41) is 6.38. The summed E-state index contributed by atoms with van der Waals surface area (Å²) in [5.74, 6) is 0.652. The van der Waals surface area contributed by atoms with Gasteiger partial charge >= 0.3 is 0 Å². The molecule has 0 radical (unpaired) electrons. The maximum absolute atomic E-state index is 11.7. The van der Waals surface area contributed by atoms with Crippen LogP contribution in [0.5, 0.6) is 0 Å². The van der Waals surface area contributed by atoms with Crippen LogP contribution in [0.3, 0.4) is 0 Å². The van der Waals surface area contributed by atoms with Crippen molar-refractivity contribution in [3.63, 3.8) is 0 Å². The van der Waals surface area contributed by atoms with E-state index in [9.17, 15) is 4.79 Å². The largest absolute Gasteiger partial charge is 0.353 e. The first-order valence-electron chi connectivity index (χ1n) is 6.02. The van der Waals surface area contributed by atoms with Gasteiger partial charge in [0.1, 0.15) is 0 Å². The van der Waals surface area contributed by atoms with Gasteiger partial charge in [-0.05, 0) is 38.1 Å². The molecule has 2 rings (SSSR count). The molecular formula is C13H18N2OS. The molecule has 0 bridgehead atoms. The van der Waals surface area contributed by atoms with Crippen molar-refractivity contribution in [2.24, 2.45) is 0 Å². The molecule has 1 aliphatic rings. The molecule has 1 amide bonds. The Labute approximate surface area is 106 Å². The standard InChI is InChI=1S/C13H18N2OS/c16-13(15-11-6-8-14-9-7-11)10-17-12-4-2-1-3-5-12/h1-5,11,14H,6-10H2,(H,15,16). The fourth-order valence-corrected chi connectivity index (χ4v) is 2.63. The van der Waals surface area contributed by atoms with Gasteiger partial charge in [-0.3, -0.25) is 4.79 Å². The predicted molar refractivity (Wildman–Crippen MR) is 71.2 cm³/mol. The van der Waals surface area contributed by atoms with E-state index in [-0.39, 0.29) is 5.91 Å². The number of benzene rings is 1. The van der Waals surface area contributed by atoms with Gasteiger partial charge < -0.3 is 10.6 Å². The molecule has 92 valence electrons. The normalized spacial score (nSPS) is 16.7. The molecule has 0 aromatic heterocycles. The first-order chi connectivity index (χ1) is 8.34. The summed E-state index contributed by atoms with van der Waals surface area (Å²) in [6.07, 6.45) is 2.09. The molecule has 0 atom stereocenters. The molecule has 1 fully saturated rings. The molecule has 17 heavy (non-hydrogen) atoms. The van der Waals surface area contributed by atoms with E-state index in [2.05, 4.69) is 10.6 Å². The van der Waals surface area contributed by atoms with Crippen LogP contribution in [0.25, 0.3) is 0 Å². The minimum atomic E-state index is 0.144. The SMILES string of the molecule is O=C(CSc1ccccc1)NC1CCNCC1. The van der Waals surface area contributed by atoms with E-state index in [1.807, 2.05) is 30.3 Å². The molecule has 1 aliphatic heterocycles. The van der Waals surface area contributed by atoms with Gasteiger partial charge in [-0.15, -0.1) is 11.8 Å². The van der Waals surface area contributed by atoms with Gasteiger partial charge in [-0.1, -0.05) is 18.2 Å². The van der Waals surface area contributed by atoms with Crippen LogP contribution in [0.2, 0.25) is 0 Å². The van der Waals surface area contributed by atoms with E-state index in [1.54, 1.807) is 11.8 Å². The molecular weight excluding hydrogens is 232 g/mol. The lowest BCUT2D eigenvalue weighted by molar-refractivity contribution is -0.119. The molecule has 2 N–H and O–H groups in total. The number of rotatable bonds is 4. The molecule has 3 nitrogen and oxygen atoms in total. The topological polar surface area (TPSA) is 41.1 Å². The number of hydrogen-bond acceptors (Lipinski definition) is 3. The summed E-state index contributed by atoms with van der Waals surface area (Å²) in [4.78, 5) is 12.9. The summed E-state index contributed by atoms with van der Waals surface area (Å²) >= 11 is 1.59. The number of thioether (sulfide) groups is 1. The second-order valence-electron chi connectivity index (χ2n) is 4.19. The molecule has 1 aromatic carbocycles. The minimum Gasteiger partial charge on any atom is -0.353 e. The smallest absolute Gasteiger partial charge is 0.230 e. The predicted octanol–water partition coefficient (Wildman–Crippen LogP) is 1.65. The average Bonchev–Trinajstić information content (AvgIpc) is 2.39. The van der Waals surface area contributed by atoms with Crippen LogP contribution in [0.1, 0.15) is 12.8 Å². The van der Waals surface area contributed by atoms with Crippen molar-refractivity contribution in [1.29, 1.82) is 0 Å². The fraction of sp³-hybridized carbons (Fsp3) is 0.462. The third-order valence-corrected chi connectivity index (χ3v) is 3.83. The maximum atomic E-state index is 11.7. The van der Waals surface area contributed by atoms with Crippen molar-refractivity contribution in [3.8, 4) is 0 Å². The van der Waals surface area contributed by atoms with Crippen molar-refractivity contribution < 1.29 is 4.79 Å².